The Morgan fingerprint density at radius 3 is 2.79 bits per heavy atom. The van der Waals surface area contributed by atoms with E-state index in [-0.39, 0.29) is 5.91 Å². The molecule has 24 heavy (non-hydrogen) atoms. The molecule has 0 bridgehead atoms. The predicted molar refractivity (Wildman–Crippen MR) is 96.1 cm³/mol. The van der Waals surface area contributed by atoms with Crippen LogP contribution in [0, 0.1) is 5.92 Å². The van der Waals surface area contributed by atoms with Crippen LogP contribution in [0.5, 0.6) is 5.75 Å². The quantitative estimate of drug-likeness (QED) is 0.778. The van der Waals surface area contributed by atoms with Crippen molar-refractivity contribution in [2.45, 2.75) is 19.9 Å². The van der Waals surface area contributed by atoms with Gasteiger partial charge in [0.25, 0.3) is 0 Å². The minimum absolute atomic E-state index is 0.0725. The molecule has 1 aliphatic heterocycles. The van der Waals surface area contributed by atoms with Crippen LogP contribution in [0.4, 0.5) is 0 Å². The zero-order valence-electron chi connectivity index (χ0n) is 14.8. The van der Waals surface area contributed by atoms with Gasteiger partial charge in [-0.1, -0.05) is 26.0 Å². The van der Waals surface area contributed by atoms with Crippen molar-refractivity contribution in [3.63, 3.8) is 0 Å². The van der Waals surface area contributed by atoms with Crippen LogP contribution in [-0.4, -0.2) is 56.8 Å². The van der Waals surface area contributed by atoms with Crippen molar-refractivity contribution in [3.05, 3.63) is 35.9 Å². The van der Waals surface area contributed by atoms with Gasteiger partial charge < -0.3 is 14.8 Å². The molecule has 1 atom stereocenters. The number of benzene rings is 1. The molecule has 132 valence electrons. The van der Waals surface area contributed by atoms with Crippen molar-refractivity contribution in [1.29, 1.82) is 0 Å². The first-order valence-electron chi connectivity index (χ1n) is 8.52. The molecule has 1 aliphatic rings. The Morgan fingerprint density at radius 1 is 1.38 bits per heavy atom. The van der Waals surface area contributed by atoms with Crippen LogP contribution in [0.1, 0.15) is 19.4 Å². The van der Waals surface area contributed by atoms with Gasteiger partial charge in [0.1, 0.15) is 5.75 Å². The molecule has 1 aromatic rings. The fourth-order valence-corrected chi connectivity index (χ4v) is 2.88. The first-order valence-corrected chi connectivity index (χ1v) is 8.52. The van der Waals surface area contributed by atoms with Gasteiger partial charge in [0.2, 0.25) is 5.91 Å². The molecular weight excluding hydrogens is 304 g/mol. The second-order valence-electron chi connectivity index (χ2n) is 6.31. The molecule has 1 fully saturated rings. The lowest BCUT2D eigenvalue weighted by Crippen LogP contribution is -2.51. The van der Waals surface area contributed by atoms with Crippen molar-refractivity contribution in [2.75, 3.05) is 40.0 Å². The van der Waals surface area contributed by atoms with E-state index in [1.165, 1.54) is 0 Å². The van der Waals surface area contributed by atoms with Crippen LogP contribution in [0.15, 0.2) is 30.3 Å². The van der Waals surface area contributed by atoms with E-state index in [4.69, 9.17) is 9.47 Å². The van der Waals surface area contributed by atoms with Crippen molar-refractivity contribution in [3.8, 4) is 5.75 Å². The zero-order valence-corrected chi connectivity index (χ0v) is 14.8. The number of amides is 1. The summed E-state index contributed by atoms with van der Waals surface area (Å²) in [6.07, 6.45) is 3.38. The summed E-state index contributed by atoms with van der Waals surface area (Å²) in [5.41, 5.74) is 0.943. The number of carbonyl (C=O) groups excluding carboxylic acids is 1. The number of morpholine rings is 1. The van der Waals surface area contributed by atoms with E-state index in [1.54, 1.807) is 19.3 Å². The Balaban J connectivity index is 1.87. The molecule has 1 N–H and O–H groups in total. The fraction of sp³-hybridized carbons (Fsp3) is 0.526. The minimum Gasteiger partial charge on any atom is -0.497 e. The third-order valence-corrected chi connectivity index (χ3v) is 4.29. The maximum atomic E-state index is 12.1. The van der Waals surface area contributed by atoms with Crippen molar-refractivity contribution < 1.29 is 14.3 Å². The second kappa shape index (κ2) is 9.45. The molecule has 0 aromatic heterocycles. The smallest absolute Gasteiger partial charge is 0.244 e. The number of nitrogens with zero attached hydrogens (tertiary/aromatic N) is 1. The molecule has 1 heterocycles. The second-order valence-corrected chi connectivity index (χ2v) is 6.31. The van der Waals surface area contributed by atoms with E-state index in [9.17, 15) is 4.79 Å². The van der Waals surface area contributed by atoms with Crippen LogP contribution in [0.2, 0.25) is 0 Å². The summed E-state index contributed by atoms with van der Waals surface area (Å²) in [7, 11) is 1.63. The van der Waals surface area contributed by atoms with Gasteiger partial charge in [-0.3, -0.25) is 9.69 Å². The largest absolute Gasteiger partial charge is 0.497 e. The van der Waals surface area contributed by atoms with Crippen LogP contribution < -0.4 is 10.1 Å². The average molecular weight is 332 g/mol. The third-order valence-electron chi connectivity index (χ3n) is 4.29. The van der Waals surface area contributed by atoms with Gasteiger partial charge in [-0.2, -0.15) is 0 Å². The Kier molecular flexibility index (Phi) is 7.28. The van der Waals surface area contributed by atoms with Gasteiger partial charge in [0.15, 0.2) is 0 Å². The fourth-order valence-electron chi connectivity index (χ4n) is 2.88. The summed E-state index contributed by atoms with van der Waals surface area (Å²) in [5, 5.41) is 3.02. The summed E-state index contributed by atoms with van der Waals surface area (Å²) in [6, 6.07) is 7.96. The summed E-state index contributed by atoms with van der Waals surface area (Å²) in [6.45, 7) is 8.44. The molecule has 0 spiro atoms. The van der Waals surface area contributed by atoms with E-state index < -0.39 is 0 Å². The normalized spacial score (nSPS) is 17.2. The van der Waals surface area contributed by atoms with E-state index in [0.29, 0.717) is 18.5 Å². The number of hydrogen-bond acceptors (Lipinski definition) is 4. The van der Waals surface area contributed by atoms with E-state index in [2.05, 4.69) is 24.1 Å². The first kappa shape index (κ1) is 18.5. The predicted octanol–water partition coefficient (Wildman–Crippen LogP) is 2.18. The molecule has 0 aliphatic carbocycles. The number of carbonyl (C=O) groups is 1. The number of nitrogens with one attached hydrogen (secondary N) is 1. The lowest BCUT2D eigenvalue weighted by atomic mass is 10.0. The number of rotatable bonds is 7. The molecule has 5 heteroatoms. The monoisotopic (exact) mass is 332 g/mol. The molecule has 0 radical (unpaired) electrons. The molecule has 5 nitrogen and oxygen atoms in total. The molecule has 1 aromatic carbocycles. The van der Waals surface area contributed by atoms with Gasteiger partial charge >= 0.3 is 0 Å². The molecule has 2 rings (SSSR count). The summed E-state index contributed by atoms with van der Waals surface area (Å²) < 4.78 is 10.6. The lowest BCUT2D eigenvalue weighted by Gasteiger charge is -2.36. The summed E-state index contributed by atoms with van der Waals surface area (Å²) >= 11 is 0. The van der Waals surface area contributed by atoms with E-state index in [0.717, 1.165) is 37.6 Å². The van der Waals surface area contributed by atoms with Gasteiger partial charge in [-0.25, -0.2) is 0 Å². The van der Waals surface area contributed by atoms with Crippen molar-refractivity contribution in [1.82, 2.24) is 10.2 Å². The highest BCUT2D eigenvalue weighted by molar-refractivity contribution is 5.91. The maximum absolute atomic E-state index is 12.1. The number of hydrogen-bond donors (Lipinski definition) is 1. The van der Waals surface area contributed by atoms with Crippen LogP contribution in [0.25, 0.3) is 6.08 Å². The highest BCUT2D eigenvalue weighted by Crippen LogP contribution is 2.14. The Labute approximate surface area is 144 Å². The molecule has 0 saturated carbocycles. The Bertz CT molecular complexity index is 551. The topological polar surface area (TPSA) is 50.8 Å². The molecule has 1 amide bonds. The minimum atomic E-state index is -0.0725. The van der Waals surface area contributed by atoms with Crippen LogP contribution in [-0.2, 0) is 9.53 Å². The SMILES string of the molecule is COc1cccc(C=CC(=O)NCC(C(C)C)N2CCOCC2)c1. The standard InChI is InChI=1S/C19H28N2O3/c1-15(2)18(21-9-11-24-12-10-21)14-20-19(22)8-7-16-5-4-6-17(13-16)23-3/h4-8,13,15,18H,9-12,14H2,1-3H3,(H,20,22). The van der Waals surface area contributed by atoms with Crippen LogP contribution >= 0.6 is 0 Å². The van der Waals surface area contributed by atoms with Gasteiger partial charge in [0.05, 0.1) is 20.3 Å². The first-order chi connectivity index (χ1) is 11.6. The summed E-state index contributed by atoms with van der Waals surface area (Å²) in [5.74, 6) is 1.19. The van der Waals surface area contributed by atoms with Gasteiger partial charge in [-0.15, -0.1) is 0 Å². The zero-order chi connectivity index (χ0) is 17.4. The summed E-state index contributed by atoms with van der Waals surface area (Å²) in [4.78, 5) is 14.5. The Hall–Kier alpha value is -1.85. The molecule has 1 saturated heterocycles. The van der Waals surface area contributed by atoms with Crippen LogP contribution in [0.3, 0.4) is 0 Å². The molecule has 1 unspecified atom stereocenters. The van der Waals surface area contributed by atoms with E-state index >= 15 is 0 Å². The van der Waals surface area contributed by atoms with Crippen molar-refractivity contribution >= 4 is 12.0 Å². The highest BCUT2D eigenvalue weighted by Gasteiger charge is 2.23. The number of methoxy groups -OCH3 is 1. The lowest BCUT2D eigenvalue weighted by molar-refractivity contribution is -0.116. The van der Waals surface area contributed by atoms with Gasteiger partial charge in [-0.05, 0) is 29.7 Å². The molecular formula is C19H28N2O3. The number of ether oxygens (including phenoxy) is 2. The third kappa shape index (κ3) is 5.65. The van der Waals surface area contributed by atoms with Gasteiger partial charge in [0, 0.05) is 31.8 Å². The van der Waals surface area contributed by atoms with Crippen molar-refractivity contribution in [2.24, 2.45) is 5.92 Å². The van der Waals surface area contributed by atoms with E-state index in [1.807, 2.05) is 24.3 Å². The highest BCUT2D eigenvalue weighted by atomic mass is 16.5. The average Bonchev–Trinajstić information content (AvgIpc) is 2.61. The Morgan fingerprint density at radius 2 is 2.12 bits per heavy atom. The maximum Gasteiger partial charge on any atom is 0.244 e.